The van der Waals surface area contributed by atoms with Gasteiger partial charge in [0.2, 0.25) is 0 Å². The molecule has 0 fully saturated rings. The first-order valence-corrected chi connectivity index (χ1v) is 25.4. The minimum absolute atomic E-state index is 0.502. The molecule has 2 spiro atoms. The van der Waals surface area contributed by atoms with Crippen LogP contribution in [0.1, 0.15) is 46.2 Å². The van der Waals surface area contributed by atoms with Gasteiger partial charge in [-0.1, -0.05) is 224 Å². The van der Waals surface area contributed by atoms with Crippen LogP contribution in [0, 0.1) is 0 Å². The SMILES string of the molecule is C1=CC2=C(CC1)C1(c3ccccc3C23c2ccccc2-c2ccccc23)c2cccc(-c3ccccc3-c3nc(-c4ccccc4)nc(-c4cccc5ccccc45)n3)c2-c2c1ccc1oc3ccccc3c21. The highest BCUT2D eigenvalue weighted by molar-refractivity contribution is 6.18. The van der Waals surface area contributed by atoms with Crippen molar-refractivity contribution in [1.82, 2.24) is 15.0 Å². The summed E-state index contributed by atoms with van der Waals surface area (Å²) < 4.78 is 6.83. The van der Waals surface area contributed by atoms with Crippen molar-refractivity contribution in [1.29, 1.82) is 0 Å². The summed E-state index contributed by atoms with van der Waals surface area (Å²) in [5, 5.41) is 4.49. The summed E-state index contributed by atoms with van der Waals surface area (Å²) >= 11 is 0. The molecule has 0 saturated carbocycles. The zero-order valence-electron chi connectivity index (χ0n) is 39.7. The van der Waals surface area contributed by atoms with Gasteiger partial charge in [-0.25, -0.2) is 15.0 Å². The van der Waals surface area contributed by atoms with Gasteiger partial charge < -0.3 is 4.42 Å². The third kappa shape index (κ3) is 5.31. The van der Waals surface area contributed by atoms with E-state index in [4.69, 9.17) is 19.4 Å². The Bertz CT molecular complexity index is 4350. The summed E-state index contributed by atoms with van der Waals surface area (Å²) in [4.78, 5) is 16.1. The molecule has 12 aromatic rings. The van der Waals surface area contributed by atoms with Crippen LogP contribution in [-0.2, 0) is 10.8 Å². The number of furan rings is 1. The number of nitrogens with zero attached hydrogens (tertiary/aromatic N) is 3. The van der Waals surface area contributed by atoms with Crippen LogP contribution in [0.5, 0.6) is 0 Å². The average molecular weight is 930 g/mol. The van der Waals surface area contributed by atoms with E-state index in [1.807, 2.05) is 18.2 Å². The molecule has 10 aromatic carbocycles. The van der Waals surface area contributed by atoms with Crippen LogP contribution in [0.2, 0.25) is 0 Å². The van der Waals surface area contributed by atoms with Crippen LogP contribution in [0.15, 0.2) is 252 Å². The van der Waals surface area contributed by atoms with Crippen LogP contribution in [0.25, 0.3) is 100 Å². The first-order valence-electron chi connectivity index (χ1n) is 25.4. The minimum Gasteiger partial charge on any atom is -0.456 e. The molecule has 1 atom stereocenters. The van der Waals surface area contributed by atoms with Gasteiger partial charge >= 0.3 is 0 Å². The van der Waals surface area contributed by atoms with Gasteiger partial charge in [0, 0.05) is 27.5 Å². The fourth-order valence-corrected chi connectivity index (χ4v) is 13.8. The van der Waals surface area contributed by atoms with Gasteiger partial charge in [-0.3, -0.25) is 0 Å². The number of hydrogen-bond acceptors (Lipinski definition) is 4. The number of benzene rings is 10. The van der Waals surface area contributed by atoms with Gasteiger partial charge in [-0.2, -0.15) is 0 Å². The number of para-hydroxylation sites is 1. The van der Waals surface area contributed by atoms with E-state index in [0.29, 0.717) is 17.5 Å². The summed E-state index contributed by atoms with van der Waals surface area (Å²) in [6.07, 6.45) is 6.79. The summed E-state index contributed by atoms with van der Waals surface area (Å²) in [5.41, 5.74) is 21.5. The molecule has 4 aliphatic carbocycles. The summed E-state index contributed by atoms with van der Waals surface area (Å²) in [7, 11) is 0. The van der Waals surface area contributed by atoms with Crippen molar-refractivity contribution >= 4 is 32.7 Å². The molecule has 0 amide bonds. The molecule has 0 N–H and O–H groups in total. The van der Waals surface area contributed by atoms with Gasteiger partial charge in [0.25, 0.3) is 0 Å². The molecule has 4 heteroatoms. The van der Waals surface area contributed by atoms with Crippen molar-refractivity contribution in [3.8, 4) is 67.5 Å². The van der Waals surface area contributed by atoms with Crippen molar-refractivity contribution in [2.24, 2.45) is 0 Å². The Labute approximate surface area is 422 Å². The highest BCUT2D eigenvalue weighted by Gasteiger charge is 2.60. The van der Waals surface area contributed by atoms with E-state index in [0.717, 1.165) is 73.4 Å². The predicted octanol–water partition coefficient (Wildman–Crippen LogP) is 16.9. The lowest BCUT2D eigenvalue weighted by Gasteiger charge is -2.50. The number of hydrogen-bond donors (Lipinski definition) is 0. The molecule has 1 unspecified atom stereocenters. The van der Waals surface area contributed by atoms with E-state index in [1.54, 1.807) is 0 Å². The normalized spacial score (nSPS) is 16.4. The molecule has 2 aromatic heterocycles. The Morgan fingerprint density at radius 1 is 0.356 bits per heavy atom. The Hall–Kier alpha value is -9.25. The lowest BCUT2D eigenvalue weighted by Crippen LogP contribution is -2.44. The maximum absolute atomic E-state index is 6.83. The van der Waals surface area contributed by atoms with E-state index in [9.17, 15) is 0 Å². The fourth-order valence-electron chi connectivity index (χ4n) is 13.8. The molecule has 340 valence electrons. The topological polar surface area (TPSA) is 51.8 Å². The van der Waals surface area contributed by atoms with E-state index in [1.165, 1.54) is 66.8 Å². The number of aromatic nitrogens is 3. The Morgan fingerprint density at radius 2 is 0.904 bits per heavy atom. The molecule has 4 nitrogen and oxygen atoms in total. The zero-order valence-corrected chi connectivity index (χ0v) is 39.7. The maximum atomic E-state index is 6.83. The monoisotopic (exact) mass is 929 g/mol. The fraction of sp³-hybridized carbons (Fsp3) is 0.0580. The largest absolute Gasteiger partial charge is 0.456 e. The first kappa shape index (κ1) is 40.5. The molecule has 0 bridgehead atoms. The second-order valence-electron chi connectivity index (χ2n) is 19.9. The van der Waals surface area contributed by atoms with Gasteiger partial charge in [0.15, 0.2) is 17.5 Å². The van der Waals surface area contributed by atoms with E-state index in [2.05, 4.69) is 218 Å². The third-order valence-corrected chi connectivity index (χ3v) is 16.5. The van der Waals surface area contributed by atoms with Crippen molar-refractivity contribution in [3.63, 3.8) is 0 Å². The highest BCUT2D eigenvalue weighted by atomic mass is 16.3. The number of rotatable bonds is 4. The van der Waals surface area contributed by atoms with E-state index in [-0.39, 0.29) is 0 Å². The van der Waals surface area contributed by atoms with Gasteiger partial charge in [0.05, 0.1) is 10.8 Å². The van der Waals surface area contributed by atoms with Crippen LogP contribution < -0.4 is 0 Å². The quantitative estimate of drug-likeness (QED) is 0.176. The summed E-state index contributed by atoms with van der Waals surface area (Å²) in [5.74, 6) is 1.89. The highest BCUT2D eigenvalue weighted by Crippen LogP contribution is 2.70. The molecule has 0 radical (unpaired) electrons. The van der Waals surface area contributed by atoms with Crippen molar-refractivity contribution in [3.05, 3.63) is 281 Å². The second kappa shape index (κ2) is 15.1. The zero-order chi connectivity index (χ0) is 47.8. The van der Waals surface area contributed by atoms with Crippen molar-refractivity contribution in [2.75, 3.05) is 0 Å². The van der Waals surface area contributed by atoms with Crippen LogP contribution in [0.3, 0.4) is 0 Å². The predicted molar refractivity (Wildman–Crippen MR) is 295 cm³/mol. The third-order valence-electron chi connectivity index (χ3n) is 16.5. The van der Waals surface area contributed by atoms with Crippen LogP contribution in [-0.4, -0.2) is 15.0 Å². The molecule has 16 rings (SSSR count). The Kier molecular flexibility index (Phi) is 8.39. The lowest BCUT2D eigenvalue weighted by atomic mass is 9.51. The molecular weight excluding hydrogens is 887 g/mol. The van der Waals surface area contributed by atoms with Gasteiger partial charge in [0.1, 0.15) is 11.2 Å². The van der Waals surface area contributed by atoms with Crippen LogP contribution >= 0.6 is 0 Å². The van der Waals surface area contributed by atoms with Gasteiger partial charge in [-0.15, -0.1) is 0 Å². The Morgan fingerprint density at radius 3 is 1.70 bits per heavy atom. The van der Waals surface area contributed by atoms with E-state index >= 15 is 0 Å². The molecule has 4 aliphatic rings. The minimum atomic E-state index is -0.633. The van der Waals surface area contributed by atoms with Crippen LogP contribution in [0.4, 0.5) is 0 Å². The maximum Gasteiger partial charge on any atom is 0.164 e. The molecule has 73 heavy (non-hydrogen) atoms. The summed E-state index contributed by atoms with van der Waals surface area (Å²) in [6.45, 7) is 0. The lowest BCUT2D eigenvalue weighted by molar-refractivity contribution is 0.590. The second-order valence-corrected chi connectivity index (χ2v) is 19.9. The number of allylic oxidation sites excluding steroid dienone is 4. The standard InChI is InChI=1S/C69H43N3O/c1-2-21-43(22-3-1)65-70-66(49-31-18-23-42-20-4-5-24-44(42)49)72-67(71-65)50-28-7-6-25-45(50)48-30-19-38-58-62(48)64-59(40-41-61-63(64)51-29-10-17-39-60(51)73-61)69(58)56-36-15-13-34-54(56)68(55-35-14-16-37-57(55)69)52-32-11-8-26-46(52)47-27-9-12-33-53(47)68/h1-15,17-36,38-41H,16,37H2. The number of fused-ring (bicyclic) bond motifs is 20. The summed E-state index contributed by atoms with van der Waals surface area (Å²) in [6, 6.07) is 81.8. The smallest absolute Gasteiger partial charge is 0.164 e. The average Bonchev–Trinajstić information content (AvgIpc) is 4.10. The molecule has 2 heterocycles. The van der Waals surface area contributed by atoms with Crippen molar-refractivity contribution in [2.45, 2.75) is 23.7 Å². The molecule has 0 aliphatic heterocycles. The Balaban J connectivity index is 1.02. The van der Waals surface area contributed by atoms with Gasteiger partial charge in [-0.05, 0) is 114 Å². The molecular formula is C69H43N3O. The van der Waals surface area contributed by atoms with Crippen molar-refractivity contribution < 1.29 is 4.42 Å². The first-order chi connectivity index (χ1) is 36.2. The molecule has 0 saturated heterocycles. The van der Waals surface area contributed by atoms with E-state index < -0.39 is 10.8 Å².